The SMILES string of the molecule is Nc1ccc(Br)c(Oc2ncc(Br)cc2Br)c1. The van der Waals surface area contributed by atoms with E-state index in [1.165, 1.54) is 0 Å². The predicted molar refractivity (Wildman–Crippen MR) is 78.3 cm³/mol. The molecule has 0 aliphatic heterocycles. The summed E-state index contributed by atoms with van der Waals surface area (Å²) in [7, 11) is 0. The minimum Gasteiger partial charge on any atom is -0.437 e. The van der Waals surface area contributed by atoms with Gasteiger partial charge < -0.3 is 10.5 Å². The van der Waals surface area contributed by atoms with Gasteiger partial charge in [-0.15, -0.1) is 0 Å². The number of nitrogens with two attached hydrogens (primary N) is 1. The van der Waals surface area contributed by atoms with Crippen molar-refractivity contribution in [1.82, 2.24) is 4.98 Å². The highest BCUT2D eigenvalue weighted by molar-refractivity contribution is 9.11. The fourth-order valence-corrected chi connectivity index (χ4v) is 2.58. The van der Waals surface area contributed by atoms with Gasteiger partial charge in [-0.1, -0.05) is 0 Å². The number of anilines is 1. The lowest BCUT2D eigenvalue weighted by molar-refractivity contribution is 0.457. The van der Waals surface area contributed by atoms with Crippen molar-refractivity contribution in [3.63, 3.8) is 0 Å². The predicted octanol–water partition coefficient (Wildman–Crippen LogP) is 4.74. The van der Waals surface area contributed by atoms with E-state index in [-0.39, 0.29) is 0 Å². The summed E-state index contributed by atoms with van der Waals surface area (Å²) in [4.78, 5) is 4.17. The van der Waals surface area contributed by atoms with Crippen LogP contribution in [-0.2, 0) is 0 Å². The molecule has 0 bridgehead atoms. The van der Waals surface area contributed by atoms with E-state index in [0.717, 1.165) is 13.4 Å². The monoisotopic (exact) mass is 420 g/mol. The number of rotatable bonds is 2. The molecule has 0 spiro atoms. The van der Waals surface area contributed by atoms with Crippen LogP contribution in [0.5, 0.6) is 11.6 Å². The molecule has 2 rings (SSSR count). The minimum absolute atomic E-state index is 0.486. The number of ether oxygens (including phenoxy) is 1. The first-order valence-corrected chi connectivity index (χ1v) is 6.98. The number of pyridine rings is 1. The van der Waals surface area contributed by atoms with Crippen molar-refractivity contribution in [3.05, 3.63) is 43.9 Å². The van der Waals surface area contributed by atoms with Gasteiger partial charge >= 0.3 is 0 Å². The highest BCUT2D eigenvalue weighted by Gasteiger charge is 2.08. The van der Waals surface area contributed by atoms with Gasteiger partial charge in [-0.25, -0.2) is 4.98 Å². The van der Waals surface area contributed by atoms with Gasteiger partial charge in [-0.05, 0) is 66.0 Å². The van der Waals surface area contributed by atoms with E-state index in [2.05, 4.69) is 52.8 Å². The van der Waals surface area contributed by atoms with E-state index >= 15 is 0 Å². The lowest BCUT2D eigenvalue weighted by Crippen LogP contribution is -1.92. The van der Waals surface area contributed by atoms with Crippen LogP contribution in [-0.4, -0.2) is 4.98 Å². The summed E-state index contributed by atoms with van der Waals surface area (Å²) < 4.78 is 8.14. The average molecular weight is 423 g/mol. The first-order valence-electron chi connectivity index (χ1n) is 4.60. The van der Waals surface area contributed by atoms with E-state index in [4.69, 9.17) is 10.5 Å². The highest BCUT2D eigenvalue weighted by Crippen LogP contribution is 2.34. The number of nitrogen functional groups attached to an aromatic ring is 1. The summed E-state index contributed by atoms with van der Waals surface area (Å²) in [5.41, 5.74) is 6.34. The molecule has 2 aromatic rings. The Morgan fingerprint density at radius 1 is 1.06 bits per heavy atom. The number of hydrogen-bond acceptors (Lipinski definition) is 3. The maximum absolute atomic E-state index is 5.70. The third-order valence-corrected chi connectivity index (χ3v) is 3.59. The summed E-state index contributed by atoms with van der Waals surface area (Å²) in [6.45, 7) is 0. The van der Waals surface area contributed by atoms with Crippen LogP contribution in [0.1, 0.15) is 0 Å². The maximum atomic E-state index is 5.70. The van der Waals surface area contributed by atoms with Crippen molar-refractivity contribution >= 4 is 53.5 Å². The van der Waals surface area contributed by atoms with Crippen LogP contribution in [0.4, 0.5) is 5.69 Å². The Hall–Kier alpha value is -0.590. The van der Waals surface area contributed by atoms with Crippen molar-refractivity contribution in [2.75, 3.05) is 5.73 Å². The van der Waals surface area contributed by atoms with E-state index in [9.17, 15) is 0 Å². The van der Waals surface area contributed by atoms with Crippen LogP contribution < -0.4 is 10.5 Å². The minimum atomic E-state index is 0.486. The normalized spacial score (nSPS) is 10.3. The number of benzene rings is 1. The topological polar surface area (TPSA) is 48.1 Å². The molecule has 1 aromatic heterocycles. The zero-order chi connectivity index (χ0) is 12.4. The van der Waals surface area contributed by atoms with E-state index in [0.29, 0.717) is 17.3 Å². The highest BCUT2D eigenvalue weighted by atomic mass is 79.9. The van der Waals surface area contributed by atoms with Crippen LogP contribution in [0.2, 0.25) is 0 Å². The first kappa shape index (κ1) is 12.9. The van der Waals surface area contributed by atoms with Crippen molar-refractivity contribution in [1.29, 1.82) is 0 Å². The molecule has 0 aliphatic rings. The van der Waals surface area contributed by atoms with Gasteiger partial charge in [0.05, 0.1) is 8.95 Å². The number of hydrogen-bond donors (Lipinski definition) is 1. The Morgan fingerprint density at radius 3 is 2.53 bits per heavy atom. The number of aromatic nitrogens is 1. The molecule has 6 heteroatoms. The van der Waals surface area contributed by atoms with Gasteiger partial charge in [0.15, 0.2) is 0 Å². The summed E-state index contributed by atoms with van der Waals surface area (Å²) in [5.74, 6) is 1.11. The van der Waals surface area contributed by atoms with Gasteiger partial charge in [0, 0.05) is 22.4 Å². The Balaban J connectivity index is 2.34. The lowest BCUT2D eigenvalue weighted by Gasteiger charge is -2.09. The fourth-order valence-electron chi connectivity index (χ4n) is 1.18. The van der Waals surface area contributed by atoms with Gasteiger partial charge in [0.2, 0.25) is 5.88 Å². The number of nitrogens with zero attached hydrogens (tertiary/aromatic N) is 1. The Kier molecular flexibility index (Phi) is 4.06. The smallest absolute Gasteiger partial charge is 0.233 e. The van der Waals surface area contributed by atoms with E-state index in [1.807, 2.05) is 12.1 Å². The Bertz CT molecular complexity index is 560. The molecule has 1 heterocycles. The molecule has 0 fully saturated rings. The second-order valence-electron chi connectivity index (χ2n) is 3.23. The lowest BCUT2D eigenvalue weighted by atomic mass is 10.3. The molecule has 0 amide bonds. The van der Waals surface area contributed by atoms with Gasteiger partial charge in [0.25, 0.3) is 0 Å². The molecular weight excluding hydrogens is 416 g/mol. The maximum Gasteiger partial charge on any atom is 0.233 e. The Labute approximate surface area is 124 Å². The van der Waals surface area contributed by atoms with Crippen LogP contribution in [0.15, 0.2) is 43.9 Å². The molecule has 3 nitrogen and oxygen atoms in total. The van der Waals surface area contributed by atoms with E-state index in [1.54, 1.807) is 18.3 Å². The van der Waals surface area contributed by atoms with Gasteiger partial charge in [-0.3, -0.25) is 0 Å². The summed E-state index contributed by atoms with van der Waals surface area (Å²) in [6, 6.07) is 7.22. The first-order chi connectivity index (χ1) is 8.06. The summed E-state index contributed by atoms with van der Waals surface area (Å²) in [5, 5.41) is 0. The van der Waals surface area contributed by atoms with E-state index < -0.39 is 0 Å². The second kappa shape index (κ2) is 5.37. The third kappa shape index (κ3) is 3.20. The molecule has 88 valence electrons. The third-order valence-electron chi connectivity index (χ3n) is 1.94. The molecule has 0 saturated carbocycles. The largest absolute Gasteiger partial charge is 0.437 e. The molecule has 1 aromatic carbocycles. The molecule has 0 unspecified atom stereocenters. The average Bonchev–Trinajstić information content (AvgIpc) is 2.27. The summed E-state index contributed by atoms with van der Waals surface area (Å²) >= 11 is 10.1. The second-order valence-corrected chi connectivity index (χ2v) is 5.86. The molecule has 2 N–H and O–H groups in total. The van der Waals surface area contributed by atoms with Gasteiger partial charge in [-0.2, -0.15) is 0 Å². The zero-order valence-corrected chi connectivity index (χ0v) is 13.2. The van der Waals surface area contributed by atoms with Gasteiger partial charge in [0.1, 0.15) is 5.75 Å². The molecule has 0 atom stereocenters. The molecule has 0 aliphatic carbocycles. The van der Waals surface area contributed by atoms with Crippen LogP contribution in [0, 0.1) is 0 Å². The van der Waals surface area contributed by atoms with Crippen LogP contribution in [0.25, 0.3) is 0 Å². The molecule has 0 radical (unpaired) electrons. The fraction of sp³-hybridized carbons (Fsp3) is 0. The van der Waals surface area contributed by atoms with Crippen molar-refractivity contribution in [2.24, 2.45) is 0 Å². The molecule has 0 saturated heterocycles. The summed E-state index contributed by atoms with van der Waals surface area (Å²) in [6.07, 6.45) is 1.67. The molecule has 17 heavy (non-hydrogen) atoms. The molecular formula is C11H7Br3N2O. The van der Waals surface area contributed by atoms with Crippen molar-refractivity contribution in [3.8, 4) is 11.6 Å². The standard InChI is InChI=1S/C11H7Br3N2O/c12-6-3-9(14)11(16-5-6)17-10-4-7(15)1-2-8(10)13/h1-5H,15H2. The van der Waals surface area contributed by atoms with Crippen molar-refractivity contribution < 1.29 is 4.74 Å². The number of halogens is 3. The van der Waals surface area contributed by atoms with Crippen LogP contribution in [0.3, 0.4) is 0 Å². The van der Waals surface area contributed by atoms with Crippen LogP contribution >= 0.6 is 47.8 Å². The Morgan fingerprint density at radius 2 is 1.82 bits per heavy atom. The zero-order valence-electron chi connectivity index (χ0n) is 8.45. The quantitative estimate of drug-likeness (QED) is 0.711. The van der Waals surface area contributed by atoms with Crippen molar-refractivity contribution in [2.45, 2.75) is 0 Å².